The second-order valence-electron chi connectivity index (χ2n) is 22.7. The van der Waals surface area contributed by atoms with Gasteiger partial charge < -0.3 is 145 Å². The summed E-state index contributed by atoms with van der Waals surface area (Å²) in [7, 11) is 0. The van der Waals surface area contributed by atoms with E-state index in [1.807, 2.05) is 0 Å². The molecule has 1 spiro atoms. The minimum absolute atomic E-state index is 0.230. The lowest BCUT2D eigenvalue weighted by Crippen LogP contribution is -2.65. The highest BCUT2D eigenvalue weighted by atomic mass is 16.6. The van der Waals surface area contributed by atoms with Crippen LogP contribution in [0.4, 0.5) is 0 Å². The average Bonchev–Trinajstić information content (AvgIpc) is 1.48. The zero-order valence-electron chi connectivity index (χ0n) is 48.2. The second-order valence-corrected chi connectivity index (χ2v) is 22.7. The number of aromatic carboxylic acids is 1. The van der Waals surface area contributed by atoms with Crippen molar-refractivity contribution in [2.24, 2.45) is 5.92 Å². The molecule has 36 heteroatoms. The Bertz CT molecular complexity index is 4850. The Labute approximate surface area is 539 Å². The first-order valence-electron chi connectivity index (χ1n) is 27.9. The highest BCUT2D eigenvalue weighted by Crippen LogP contribution is 2.67. The van der Waals surface area contributed by atoms with E-state index in [4.69, 9.17) is 37.9 Å². The molecule has 4 bridgehead atoms. The number of aliphatic hydroxyl groups excluding tert-OH is 2. The smallest absolute Gasteiger partial charge is 0.339 e. The van der Waals surface area contributed by atoms with Gasteiger partial charge in [-0.25, -0.2) is 24.0 Å². The van der Waals surface area contributed by atoms with Crippen LogP contribution in [0.15, 0.2) is 60.4 Å². The van der Waals surface area contributed by atoms with E-state index in [-0.39, 0.29) is 11.6 Å². The van der Waals surface area contributed by atoms with Gasteiger partial charge in [0.2, 0.25) is 40.1 Å². The second kappa shape index (κ2) is 21.7. The van der Waals surface area contributed by atoms with Crippen LogP contribution in [0.2, 0.25) is 0 Å². The fraction of sp³-hybridized carbons (Fsp3) is 0.177. The third-order valence-electron chi connectivity index (χ3n) is 17.2. The number of hydrogen-bond acceptors (Lipinski definition) is 35. The van der Waals surface area contributed by atoms with Crippen molar-refractivity contribution < 1.29 is 179 Å². The number of carbonyl (C=O) groups excluding carboxylic acids is 6. The Morgan fingerprint density at radius 3 is 1.63 bits per heavy atom. The molecule has 9 unspecified atom stereocenters. The zero-order chi connectivity index (χ0) is 70.8. The summed E-state index contributed by atoms with van der Waals surface area (Å²) in [5.41, 5.74) is -15.8. The summed E-state index contributed by atoms with van der Waals surface area (Å²) in [5, 5.41) is 231. The number of carbonyl (C=O) groups is 7. The molecule has 506 valence electrons. The molecule has 9 atom stereocenters. The molecular formula is C62H42O36. The molecule has 0 saturated carbocycles. The number of carboxylic acids is 1. The van der Waals surface area contributed by atoms with Gasteiger partial charge in [0.25, 0.3) is 0 Å². The molecule has 0 amide bonds. The van der Waals surface area contributed by atoms with Crippen LogP contribution >= 0.6 is 0 Å². The van der Waals surface area contributed by atoms with Crippen molar-refractivity contribution in [2.75, 3.05) is 6.61 Å². The van der Waals surface area contributed by atoms with Gasteiger partial charge in [0.15, 0.2) is 117 Å². The number of phenols is 18. The third-order valence-corrected chi connectivity index (χ3v) is 17.2. The summed E-state index contributed by atoms with van der Waals surface area (Å²) >= 11 is 0. The maximum absolute atomic E-state index is 15.7. The van der Waals surface area contributed by atoms with Crippen molar-refractivity contribution in [3.63, 3.8) is 0 Å². The predicted octanol–water partition coefficient (Wildman–Crippen LogP) is 3.05. The number of ketones is 1. The fourth-order valence-corrected chi connectivity index (χ4v) is 12.8. The van der Waals surface area contributed by atoms with E-state index in [0.29, 0.717) is 30.3 Å². The summed E-state index contributed by atoms with van der Waals surface area (Å²) in [6.07, 6.45) is -16.0. The number of carboxylic acid groups (broad SMARTS) is 1. The van der Waals surface area contributed by atoms with E-state index in [0.717, 1.165) is 18.2 Å². The SMILES string of the molecule is O=C(OC1COC(=O)c2cc(Oc3c(C(=O)O)cc(O)c(O)c3O)c(O)c(O)c2-c2c(cc(O)c(O)c2O)C(=O)OC1C1OC(=O)c2cc(O)c(O)c(O)c2C2=C(O)C(=O)C34Oc5cc(O)c6c(c5C3C1OC(=O)C24)OC(c1cc(O)c(O)c(O)c1)C(O)C6)c1cc(O)c(O)c(O)c1. The lowest BCUT2D eigenvalue weighted by molar-refractivity contribution is -0.200. The van der Waals surface area contributed by atoms with Gasteiger partial charge >= 0.3 is 35.8 Å². The number of aromatic hydroxyl groups is 18. The first-order chi connectivity index (χ1) is 46.2. The van der Waals surface area contributed by atoms with Crippen molar-refractivity contribution in [3.8, 4) is 138 Å². The molecule has 98 heavy (non-hydrogen) atoms. The number of Topliss-reactive ketones (excluding diaryl/α,β-unsaturated/α-hetero) is 1. The standard InChI is InChI=1S/C62H42O36/c63-19-10-28-34(50-14(19)5-27(71)49(94-50)12-1-20(64)38(72)21(65)2-12)36-53-54(97-60(89)16-7-25(69)41(75)45(79)33(16)35-37(61(90)96-53)62(36,98-28)55(83)47(35)81)52-30(93-57(86)13-3-22(66)39(73)23(67)4-13)11-91-58(87)17-9-29(92-51-18(56(84)85)8-26(70)42(76)48(51)82)43(77)46(80)32(17)31-15(59(88)95-52)6-24(68)40(74)44(31)78/h1-4,6-10,27,30,36-37,49,52-54,63-82H,5,11H2,(H,84,85). The Morgan fingerprint density at radius 1 is 0.510 bits per heavy atom. The van der Waals surface area contributed by atoms with Crippen molar-refractivity contribution in [2.45, 2.75) is 54.6 Å². The van der Waals surface area contributed by atoms with Gasteiger partial charge in [-0.15, -0.1) is 0 Å². The van der Waals surface area contributed by atoms with E-state index < -0.39 is 302 Å². The molecule has 7 aromatic carbocycles. The number of cyclic esters (lactones) is 3. The van der Waals surface area contributed by atoms with E-state index in [1.54, 1.807) is 0 Å². The molecule has 1 fully saturated rings. The lowest BCUT2D eigenvalue weighted by atomic mass is 9.66. The summed E-state index contributed by atoms with van der Waals surface area (Å²) in [6.45, 7) is -1.75. The monoisotopic (exact) mass is 1360 g/mol. The van der Waals surface area contributed by atoms with Crippen molar-refractivity contribution in [3.05, 3.63) is 110 Å². The average molecular weight is 1360 g/mol. The number of fused-ring (bicyclic) bond motifs is 8. The van der Waals surface area contributed by atoms with Crippen LogP contribution in [0, 0.1) is 5.92 Å². The van der Waals surface area contributed by atoms with Gasteiger partial charge in [-0.05, 0) is 36.4 Å². The van der Waals surface area contributed by atoms with Gasteiger partial charge in [0, 0.05) is 63.6 Å². The summed E-state index contributed by atoms with van der Waals surface area (Å²) in [5.74, 6) is -48.6. The normalized spacial score (nSPS) is 22.7. The van der Waals surface area contributed by atoms with Gasteiger partial charge in [0.05, 0.1) is 34.3 Å². The third kappa shape index (κ3) is 8.97. The summed E-state index contributed by atoms with van der Waals surface area (Å²) in [6, 6.07) is 4.51. The highest BCUT2D eigenvalue weighted by Gasteiger charge is 2.76. The Kier molecular flexibility index (Phi) is 14.0. The molecular weight excluding hydrogens is 1320 g/mol. The molecule has 0 aromatic heterocycles. The number of benzene rings is 7. The molecule has 0 radical (unpaired) electrons. The topological polar surface area (TPSA) is 618 Å². The van der Waals surface area contributed by atoms with Crippen LogP contribution < -0.4 is 14.2 Å². The number of aliphatic hydroxyl groups is 2. The maximum atomic E-state index is 15.7. The van der Waals surface area contributed by atoms with Crippen LogP contribution in [0.25, 0.3) is 16.7 Å². The van der Waals surface area contributed by atoms with Crippen molar-refractivity contribution in [1.29, 1.82) is 0 Å². The van der Waals surface area contributed by atoms with Crippen LogP contribution in [-0.4, -0.2) is 192 Å². The maximum Gasteiger partial charge on any atom is 0.339 e. The number of rotatable bonds is 7. The minimum Gasteiger partial charge on any atom is -0.507 e. The van der Waals surface area contributed by atoms with Crippen LogP contribution in [-0.2, 0) is 39.7 Å². The number of esters is 5. The molecule has 7 aromatic rings. The largest absolute Gasteiger partial charge is 0.507 e. The highest BCUT2D eigenvalue weighted by molar-refractivity contribution is 6.21. The minimum atomic E-state index is -3.21. The molecule has 5 heterocycles. The molecule has 36 nitrogen and oxygen atoms in total. The first kappa shape index (κ1) is 63.1. The van der Waals surface area contributed by atoms with E-state index in [1.165, 1.54) is 0 Å². The zero-order valence-corrected chi connectivity index (χ0v) is 48.2. The van der Waals surface area contributed by atoms with E-state index in [2.05, 4.69) is 0 Å². The number of hydrogen-bond donors (Lipinski definition) is 21. The predicted molar refractivity (Wildman–Crippen MR) is 306 cm³/mol. The van der Waals surface area contributed by atoms with Crippen LogP contribution in [0.3, 0.4) is 0 Å². The van der Waals surface area contributed by atoms with Crippen molar-refractivity contribution >= 4 is 47.2 Å². The number of phenolic OH excluding ortho intramolecular Hbond substituents is 18. The van der Waals surface area contributed by atoms with Crippen molar-refractivity contribution in [1.82, 2.24) is 0 Å². The Morgan fingerprint density at radius 2 is 1.03 bits per heavy atom. The van der Waals surface area contributed by atoms with Gasteiger partial charge in [-0.1, -0.05) is 0 Å². The summed E-state index contributed by atoms with van der Waals surface area (Å²) in [4.78, 5) is 104. The van der Waals surface area contributed by atoms with Gasteiger partial charge in [-0.2, -0.15) is 0 Å². The lowest BCUT2D eigenvalue weighted by Gasteiger charge is -2.47. The molecule has 1 aliphatic carbocycles. The first-order valence-corrected chi connectivity index (χ1v) is 27.9. The molecule has 1 saturated heterocycles. The van der Waals surface area contributed by atoms with Crippen LogP contribution in [0.1, 0.15) is 86.1 Å². The molecule has 21 N–H and O–H groups in total. The van der Waals surface area contributed by atoms with Crippen LogP contribution in [0.5, 0.6) is 126 Å². The fourth-order valence-electron chi connectivity index (χ4n) is 12.8. The molecule has 13 rings (SSSR count). The molecule has 6 aliphatic rings. The number of ether oxygens (including phenoxy) is 8. The van der Waals surface area contributed by atoms with E-state index >= 15 is 24.0 Å². The Hall–Kier alpha value is -13.7. The van der Waals surface area contributed by atoms with Gasteiger partial charge in [-0.3, -0.25) is 9.59 Å². The summed E-state index contributed by atoms with van der Waals surface area (Å²) < 4.78 is 48.0. The van der Waals surface area contributed by atoms with Gasteiger partial charge in [0.1, 0.15) is 35.3 Å². The van der Waals surface area contributed by atoms with E-state index in [9.17, 15) is 117 Å². The molecule has 5 aliphatic heterocycles. The Balaban J connectivity index is 1.07. The quantitative estimate of drug-likeness (QED) is 0.0619.